The Morgan fingerprint density at radius 2 is 1.69 bits per heavy atom. The van der Waals surface area contributed by atoms with Crippen LogP contribution >= 0.6 is 23.2 Å². The summed E-state index contributed by atoms with van der Waals surface area (Å²) in [4.78, 5) is 23.4. The fraction of sp³-hybridized carbons (Fsp3) is 0.0625. The largest absolute Gasteiger partial charge is 0.417 e. The van der Waals surface area contributed by atoms with Crippen molar-refractivity contribution < 1.29 is 22.8 Å². The van der Waals surface area contributed by atoms with E-state index in [2.05, 4.69) is 10.4 Å². The molecule has 10 heteroatoms. The Kier molecular flexibility index (Phi) is 6.23. The van der Waals surface area contributed by atoms with Gasteiger partial charge in [-0.1, -0.05) is 41.4 Å². The van der Waals surface area contributed by atoms with Gasteiger partial charge in [0.15, 0.2) is 0 Å². The molecule has 136 valence electrons. The van der Waals surface area contributed by atoms with Crippen LogP contribution in [0.25, 0.3) is 0 Å². The predicted molar refractivity (Wildman–Crippen MR) is 92.3 cm³/mol. The molecule has 0 unspecified atom stereocenters. The van der Waals surface area contributed by atoms with E-state index in [0.29, 0.717) is 0 Å². The highest BCUT2D eigenvalue weighted by Gasteiger charge is 2.32. The summed E-state index contributed by atoms with van der Waals surface area (Å²) in [6.07, 6.45) is -3.77. The number of rotatable bonds is 3. The summed E-state index contributed by atoms with van der Waals surface area (Å²) in [6.45, 7) is 0. The summed E-state index contributed by atoms with van der Waals surface area (Å²) >= 11 is 11.5. The molecule has 0 saturated heterocycles. The van der Waals surface area contributed by atoms with Gasteiger partial charge >= 0.3 is 18.0 Å². The SMILES string of the molecule is O=C(NN=Cc1ccccc1C(F)(F)F)C(=O)Nc1ccc(Cl)c(Cl)c1. The van der Waals surface area contributed by atoms with Crippen molar-refractivity contribution in [3.05, 3.63) is 63.6 Å². The van der Waals surface area contributed by atoms with Crippen LogP contribution in [0.4, 0.5) is 18.9 Å². The summed E-state index contributed by atoms with van der Waals surface area (Å²) in [5, 5.41) is 6.06. The fourth-order valence-corrected chi connectivity index (χ4v) is 2.14. The van der Waals surface area contributed by atoms with Crippen molar-refractivity contribution in [2.24, 2.45) is 5.10 Å². The molecule has 2 amide bonds. The van der Waals surface area contributed by atoms with Gasteiger partial charge in [0.05, 0.1) is 21.8 Å². The zero-order valence-corrected chi connectivity index (χ0v) is 14.3. The van der Waals surface area contributed by atoms with E-state index in [-0.39, 0.29) is 21.3 Å². The molecular weight excluding hydrogens is 394 g/mol. The van der Waals surface area contributed by atoms with Gasteiger partial charge < -0.3 is 5.32 Å². The third-order valence-electron chi connectivity index (χ3n) is 3.02. The number of halogens is 5. The number of hydrogen-bond donors (Lipinski definition) is 2. The maximum atomic E-state index is 12.8. The first-order valence-corrected chi connectivity index (χ1v) is 7.69. The number of carbonyl (C=O) groups is 2. The fourth-order valence-electron chi connectivity index (χ4n) is 1.84. The van der Waals surface area contributed by atoms with E-state index in [0.717, 1.165) is 12.3 Å². The standard InChI is InChI=1S/C16H10Cl2F3N3O2/c17-12-6-5-10(7-13(12)18)23-14(25)15(26)24-22-8-9-3-1-2-4-11(9)16(19,20)21/h1-8H,(H,23,25)(H,24,26). The molecule has 2 rings (SSSR count). The Bertz CT molecular complexity index is 870. The van der Waals surface area contributed by atoms with Crippen LogP contribution in [-0.2, 0) is 15.8 Å². The van der Waals surface area contributed by atoms with Crippen LogP contribution < -0.4 is 10.7 Å². The van der Waals surface area contributed by atoms with Gasteiger partial charge in [0.1, 0.15) is 0 Å². The van der Waals surface area contributed by atoms with Crippen LogP contribution in [0.2, 0.25) is 10.0 Å². The van der Waals surface area contributed by atoms with Crippen LogP contribution in [0, 0.1) is 0 Å². The van der Waals surface area contributed by atoms with Crippen LogP contribution in [0.3, 0.4) is 0 Å². The van der Waals surface area contributed by atoms with E-state index in [1.165, 1.54) is 36.4 Å². The van der Waals surface area contributed by atoms with Gasteiger partial charge in [-0.25, -0.2) is 5.43 Å². The summed E-state index contributed by atoms with van der Waals surface area (Å²) in [6, 6.07) is 8.83. The molecular formula is C16H10Cl2F3N3O2. The summed E-state index contributed by atoms with van der Waals surface area (Å²) in [5.74, 6) is -2.25. The maximum absolute atomic E-state index is 12.8. The third kappa shape index (κ3) is 5.21. The first kappa shape index (κ1) is 19.7. The number of benzene rings is 2. The minimum absolute atomic E-state index is 0.173. The van der Waals surface area contributed by atoms with Crippen molar-refractivity contribution in [2.75, 3.05) is 5.32 Å². The Labute approximate surface area is 155 Å². The predicted octanol–water partition coefficient (Wildman–Crippen LogP) is 4.10. The number of anilines is 1. The molecule has 0 heterocycles. The highest BCUT2D eigenvalue weighted by atomic mass is 35.5. The first-order chi connectivity index (χ1) is 12.2. The summed E-state index contributed by atoms with van der Waals surface area (Å²) in [5.41, 5.74) is 0.884. The van der Waals surface area contributed by atoms with Gasteiger partial charge in [0.25, 0.3) is 0 Å². The lowest BCUT2D eigenvalue weighted by atomic mass is 10.1. The van der Waals surface area contributed by atoms with Gasteiger partial charge in [0, 0.05) is 11.3 Å². The molecule has 0 radical (unpaired) electrons. The number of hydrogen-bond acceptors (Lipinski definition) is 3. The molecule has 0 aliphatic rings. The van der Waals surface area contributed by atoms with Gasteiger partial charge in [-0.2, -0.15) is 18.3 Å². The minimum Gasteiger partial charge on any atom is -0.318 e. The van der Waals surface area contributed by atoms with Gasteiger partial charge in [-0.3, -0.25) is 9.59 Å². The van der Waals surface area contributed by atoms with E-state index in [1.807, 2.05) is 5.43 Å². The molecule has 0 aliphatic heterocycles. The number of nitrogens with one attached hydrogen (secondary N) is 2. The molecule has 0 saturated carbocycles. The lowest BCUT2D eigenvalue weighted by molar-refractivity contribution is -0.137. The van der Waals surface area contributed by atoms with Crippen molar-refractivity contribution in [3.8, 4) is 0 Å². The zero-order chi connectivity index (χ0) is 19.3. The molecule has 0 aromatic heterocycles. The lowest BCUT2D eigenvalue weighted by Gasteiger charge is -2.09. The van der Waals surface area contributed by atoms with Crippen molar-refractivity contribution in [2.45, 2.75) is 6.18 Å². The molecule has 5 nitrogen and oxygen atoms in total. The molecule has 2 N–H and O–H groups in total. The van der Waals surface area contributed by atoms with Gasteiger partial charge in [-0.15, -0.1) is 0 Å². The molecule has 0 aliphatic carbocycles. The Morgan fingerprint density at radius 1 is 1.00 bits per heavy atom. The van der Waals surface area contributed by atoms with Crippen LogP contribution in [0.15, 0.2) is 47.6 Å². The van der Waals surface area contributed by atoms with Gasteiger partial charge in [0.2, 0.25) is 0 Å². The number of nitrogens with zero attached hydrogens (tertiary/aromatic N) is 1. The van der Waals surface area contributed by atoms with E-state index in [1.54, 1.807) is 0 Å². The summed E-state index contributed by atoms with van der Waals surface area (Å²) in [7, 11) is 0. The Hall–Kier alpha value is -2.58. The minimum atomic E-state index is -4.57. The second-order valence-corrected chi connectivity index (χ2v) is 5.68. The smallest absolute Gasteiger partial charge is 0.318 e. The van der Waals surface area contributed by atoms with Crippen LogP contribution in [0.1, 0.15) is 11.1 Å². The van der Waals surface area contributed by atoms with E-state index in [9.17, 15) is 22.8 Å². The molecule has 0 fully saturated rings. The van der Waals surface area contributed by atoms with E-state index >= 15 is 0 Å². The maximum Gasteiger partial charge on any atom is 0.417 e. The third-order valence-corrected chi connectivity index (χ3v) is 3.76. The van der Waals surface area contributed by atoms with E-state index < -0.39 is 23.6 Å². The lowest BCUT2D eigenvalue weighted by Crippen LogP contribution is -2.32. The van der Waals surface area contributed by atoms with Crippen molar-refractivity contribution in [1.82, 2.24) is 5.43 Å². The molecule has 2 aromatic carbocycles. The quantitative estimate of drug-likeness (QED) is 0.460. The molecule has 26 heavy (non-hydrogen) atoms. The molecule has 0 spiro atoms. The van der Waals surface area contributed by atoms with Crippen LogP contribution in [0.5, 0.6) is 0 Å². The Balaban J connectivity index is 2.01. The summed E-state index contributed by atoms with van der Waals surface area (Å²) < 4.78 is 38.5. The second-order valence-electron chi connectivity index (χ2n) is 4.87. The van der Waals surface area contributed by atoms with Crippen LogP contribution in [-0.4, -0.2) is 18.0 Å². The van der Waals surface area contributed by atoms with Crippen molar-refractivity contribution >= 4 is 46.9 Å². The van der Waals surface area contributed by atoms with Crippen molar-refractivity contribution in [3.63, 3.8) is 0 Å². The number of alkyl halides is 3. The zero-order valence-electron chi connectivity index (χ0n) is 12.8. The number of carbonyl (C=O) groups excluding carboxylic acids is 2. The first-order valence-electron chi connectivity index (χ1n) is 6.94. The highest BCUT2D eigenvalue weighted by molar-refractivity contribution is 6.42. The normalized spacial score (nSPS) is 11.4. The molecule has 0 bridgehead atoms. The number of amides is 2. The average Bonchev–Trinajstić information content (AvgIpc) is 2.57. The Morgan fingerprint density at radius 3 is 2.35 bits per heavy atom. The average molecular weight is 404 g/mol. The molecule has 2 aromatic rings. The molecule has 0 atom stereocenters. The highest BCUT2D eigenvalue weighted by Crippen LogP contribution is 2.31. The van der Waals surface area contributed by atoms with Crippen molar-refractivity contribution in [1.29, 1.82) is 0 Å². The van der Waals surface area contributed by atoms with Gasteiger partial charge in [-0.05, 0) is 24.3 Å². The monoisotopic (exact) mass is 403 g/mol. The number of hydrazone groups is 1. The topological polar surface area (TPSA) is 70.6 Å². The van der Waals surface area contributed by atoms with E-state index in [4.69, 9.17) is 23.2 Å². The second kappa shape index (κ2) is 8.20.